The van der Waals surface area contributed by atoms with Gasteiger partial charge in [0.15, 0.2) is 5.16 Å². The first-order valence-electron chi connectivity index (χ1n) is 8.58. The van der Waals surface area contributed by atoms with Gasteiger partial charge in [0.25, 0.3) is 0 Å². The van der Waals surface area contributed by atoms with Gasteiger partial charge in [0, 0.05) is 18.7 Å². The highest BCUT2D eigenvalue weighted by Crippen LogP contribution is 2.21. The Hall–Kier alpha value is -2.08. The van der Waals surface area contributed by atoms with Gasteiger partial charge in [-0.15, -0.1) is 16.8 Å². The number of carbonyl (C=O) groups is 1. The molecule has 5 nitrogen and oxygen atoms in total. The molecule has 0 fully saturated rings. The Bertz CT molecular complexity index is 739. The van der Waals surface area contributed by atoms with Crippen molar-refractivity contribution >= 4 is 23.4 Å². The maximum Gasteiger partial charge on any atom is 0.234 e. The fourth-order valence-corrected chi connectivity index (χ4v) is 3.23. The van der Waals surface area contributed by atoms with E-state index >= 15 is 0 Å². The van der Waals surface area contributed by atoms with Gasteiger partial charge in [-0.2, -0.15) is 0 Å². The predicted octanol–water partition coefficient (Wildman–Crippen LogP) is 4.15. The Morgan fingerprint density at radius 3 is 2.88 bits per heavy atom. The first-order valence-corrected chi connectivity index (χ1v) is 9.57. The molecule has 0 saturated carbocycles. The second kappa shape index (κ2) is 9.42. The molecule has 0 bridgehead atoms. The summed E-state index contributed by atoms with van der Waals surface area (Å²) in [6, 6.07) is 5.91. The standard InChI is InChI=1S/C19H26N4OS/c1-5-7-11-17-21-22-19(23(17)12-6-2)25-13-18(24)20-16-10-8-9-14(3)15(16)4/h6,8-10H,2,5,7,11-13H2,1,3-4H3,(H,20,24). The van der Waals surface area contributed by atoms with E-state index in [1.807, 2.05) is 42.7 Å². The van der Waals surface area contributed by atoms with Gasteiger partial charge < -0.3 is 9.88 Å². The lowest BCUT2D eigenvalue weighted by molar-refractivity contribution is -0.113. The summed E-state index contributed by atoms with van der Waals surface area (Å²) in [5.41, 5.74) is 3.12. The second-order valence-corrected chi connectivity index (χ2v) is 6.93. The molecular formula is C19H26N4OS. The number of benzene rings is 1. The predicted molar refractivity (Wildman–Crippen MR) is 104 cm³/mol. The molecule has 1 heterocycles. The quantitative estimate of drug-likeness (QED) is 0.540. The largest absolute Gasteiger partial charge is 0.325 e. The number of hydrogen-bond donors (Lipinski definition) is 1. The number of thioether (sulfide) groups is 1. The summed E-state index contributed by atoms with van der Waals surface area (Å²) in [5.74, 6) is 1.22. The van der Waals surface area contributed by atoms with Crippen LogP contribution in [0, 0.1) is 13.8 Å². The number of carbonyl (C=O) groups excluding carboxylic acids is 1. The second-order valence-electron chi connectivity index (χ2n) is 5.99. The molecule has 0 saturated heterocycles. The molecule has 2 rings (SSSR count). The van der Waals surface area contributed by atoms with Crippen LogP contribution in [0.3, 0.4) is 0 Å². The van der Waals surface area contributed by atoms with E-state index in [0.717, 1.165) is 47.1 Å². The van der Waals surface area contributed by atoms with Gasteiger partial charge in [-0.1, -0.05) is 43.3 Å². The molecule has 0 atom stereocenters. The number of nitrogens with one attached hydrogen (secondary N) is 1. The van der Waals surface area contributed by atoms with Gasteiger partial charge in [-0.3, -0.25) is 4.79 Å². The number of hydrogen-bond acceptors (Lipinski definition) is 4. The Kier molecular flexibility index (Phi) is 7.25. The molecule has 1 aromatic carbocycles. The minimum absolute atomic E-state index is 0.0399. The van der Waals surface area contributed by atoms with Crippen LogP contribution < -0.4 is 5.32 Å². The molecule has 0 spiro atoms. The van der Waals surface area contributed by atoms with Crippen molar-refractivity contribution in [3.05, 3.63) is 47.8 Å². The number of rotatable bonds is 9. The minimum Gasteiger partial charge on any atom is -0.325 e. The monoisotopic (exact) mass is 358 g/mol. The molecule has 0 aliphatic carbocycles. The highest BCUT2D eigenvalue weighted by Gasteiger charge is 2.13. The summed E-state index contributed by atoms with van der Waals surface area (Å²) in [6.45, 7) is 10.7. The van der Waals surface area contributed by atoms with Crippen molar-refractivity contribution in [2.75, 3.05) is 11.1 Å². The molecule has 1 N–H and O–H groups in total. The zero-order valence-electron chi connectivity index (χ0n) is 15.2. The van der Waals surface area contributed by atoms with Crippen molar-refractivity contribution < 1.29 is 4.79 Å². The molecule has 0 aliphatic rings. The van der Waals surface area contributed by atoms with Crippen molar-refractivity contribution in [2.45, 2.75) is 51.7 Å². The third-order valence-corrected chi connectivity index (χ3v) is 5.04. The highest BCUT2D eigenvalue weighted by molar-refractivity contribution is 7.99. The minimum atomic E-state index is -0.0399. The third kappa shape index (κ3) is 5.19. The van der Waals surface area contributed by atoms with Gasteiger partial charge in [0.05, 0.1) is 5.75 Å². The SMILES string of the molecule is C=CCn1c(CCCC)nnc1SCC(=O)Nc1cccc(C)c1C. The van der Waals surface area contributed by atoms with Gasteiger partial charge in [0.2, 0.25) is 5.91 Å². The van der Waals surface area contributed by atoms with Crippen molar-refractivity contribution in [1.82, 2.24) is 14.8 Å². The molecule has 1 amide bonds. The van der Waals surface area contributed by atoms with Gasteiger partial charge in [-0.05, 0) is 37.5 Å². The van der Waals surface area contributed by atoms with E-state index in [2.05, 4.69) is 29.0 Å². The van der Waals surface area contributed by atoms with E-state index in [4.69, 9.17) is 0 Å². The van der Waals surface area contributed by atoms with Crippen LogP contribution in [0.5, 0.6) is 0 Å². The van der Waals surface area contributed by atoms with Gasteiger partial charge in [-0.25, -0.2) is 0 Å². The average Bonchev–Trinajstić information content (AvgIpc) is 2.97. The van der Waals surface area contributed by atoms with E-state index in [1.54, 1.807) is 0 Å². The third-order valence-electron chi connectivity index (χ3n) is 4.07. The Balaban J connectivity index is 2.00. The van der Waals surface area contributed by atoms with Crippen LogP contribution in [0.4, 0.5) is 5.69 Å². The number of amides is 1. The summed E-state index contributed by atoms with van der Waals surface area (Å²) in [6.07, 6.45) is 4.92. The molecule has 25 heavy (non-hydrogen) atoms. The maximum atomic E-state index is 12.3. The van der Waals surface area contributed by atoms with Crippen LogP contribution in [-0.2, 0) is 17.8 Å². The summed E-state index contributed by atoms with van der Waals surface area (Å²) >= 11 is 1.41. The number of unbranched alkanes of at least 4 members (excludes halogenated alkanes) is 1. The number of nitrogens with zero attached hydrogens (tertiary/aromatic N) is 3. The van der Waals surface area contributed by atoms with Crippen molar-refractivity contribution in [3.8, 4) is 0 Å². The van der Waals surface area contributed by atoms with Crippen LogP contribution in [0.25, 0.3) is 0 Å². The summed E-state index contributed by atoms with van der Waals surface area (Å²) < 4.78 is 2.04. The molecule has 0 aliphatic heterocycles. The number of anilines is 1. The number of aromatic nitrogens is 3. The van der Waals surface area contributed by atoms with E-state index in [0.29, 0.717) is 12.3 Å². The summed E-state index contributed by atoms with van der Waals surface area (Å²) in [5, 5.41) is 12.3. The first-order chi connectivity index (χ1) is 12.1. The molecule has 2 aromatic rings. The van der Waals surface area contributed by atoms with Crippen molar-refractivity contribution in [1.29, 1.82) is 0 Å². The van der Waals surface area contributed by atoms with E-state index in [1.165, 1.54) is 11.8 Å². The van der Waals surface area contributed by atoms with E-state index in [9.17, 15) is 4.79 Å². The smallest absolute Gasteiger partial charge is 0.234 e. The topological polar surface area (TPSA) is 59.8 Å². The van der Waals surface area contributed by atoms with Crippen LogP contribution >= 0.6 is 11.8 Å². The molecule has 134 valence electrons. The number of aryl methyl sites for hydroxylation is 2. The number of allylic oxidation sites excluding steroid dienone is 1. The molecule has 0 unspecified atom stereocenters. The van der Waals surface area contributed by atoms with Crippen LogP contribution in [-0.4, -0.2) is 26.4 Å². The lowest BCUT2D eigenvalue weighted by Crippen LogP contribution is -2.15. The fourth-order valence-electron chi connectivity index (χ4n) is 2.46. The summed E-state index contributed by atoms with van der Waals surface area (Å²) in [4.78, 5) is 12.3. The average molecular weight is 359 g/mol. The zero-order chi connectivity index (χ0) is 18.2. The first kappa shape index (κ1) is 19.2. The lowest BCUT2D eigenvalue weighted by Gasteiger charge is -2.10. The lowest BCUT2D eigenvalue weighted by atomic mass is 10.1. The highest BCUT2D eigenvalue weighted by atomic mass is 32.2. The Morgan fingerprint density at radius 1 is 1.36 bits per heavy atom. The van der Waals surface area contributed by atoms with E-state index < -0.39 is 0 Å². The summed E-state index contributed by atoms with van der Waals surface area (Å²) in [7, 11) is 0. The van der Waals surface area contributed by atoms with Crippen molar-refractivity contribution in [2.24, 2.45) is 0 Å². The van der Waals surface area contributed by atoms with Crippen LogP contribution in [0.1, 0.15) is 36.7 Å². The normalized spacial score (nSPS) is 10.7. The fraction of sp³-hybridized carbons (Fsp3) is 0.421. The van der Waals surface area contributed by atoms with Gasteiger partial charge >= 0.3 is 0 Å². The van der Waals surface area contributed by atoms with Gasteiger partial charge in [0.1, 0.15) is 5.82 Å². The van der Waals surface area contributed by atoms with Crippen LogP contribution in [0.15, 0.2) is 36.0 Å². The zero-order valence-corrected chi connectivity index (χ0v) is 16.0. The van der Waals surface area contributed by atoms with E-state index in [-0.39, 0.29) is 5.91 Å². The van der Waals surface area contributed by atoms with Crippen LogP contribution in [0.2, 0.25) is 0 Å². The molecule has 0 radical (unpaired) electrons. The molecular weight excluding hydrogens is 332 g/mol. The van der Waals surface area contributed by atoms with Crippen molar-refractivity contribution in [3.63, 3.8) is 0 Å². The maximum absolute atomic E-state index is 12.3. The molecule has 6 heteroatoms. The Morgan fingerprint density at radius 2 is 2.16 bits per heavy atom. The Labute approximate surface area is 153 Å². The molecule has 1 aromatic heterocycles.